The van der Waals surface area contributed by atoms with Crippen molar-refractivity contribution in [2.24, 2.45) is 0 Å². The zero-order chi connectivity index (χ0) is 16.2. The first-order valence-electron chi connectivity index (χ1n) is 7.18. The fraction of sp³-hybridized carbons (Fsp3) is 0.111. The topological polar surface area (TPSA) is 55.1 Å². The molecule has 3 rings (SSSR count). The molecule has 5 heteroatoms. The number of aromatic nitrogens is 1. The summed E-state index contributed by atoms with van der Waals surface area (Å²) in [6, 6.07) is 17.2. The van der Waals surface area contributed by atoms with Crippen LogP contribution < -0.4 is 5.32 Å². The van der Waals surface area contributed by atoms with Crippen LogP contribution in [0.5, 0.6) is 0 Å². The van der Waals surface area contributed by atoms with Crippen LogP contribution in [0.15, 0.2) is 63.6 Å². The Morgan fingerprint density at radius 1 is 1.17 bits per heavy atom. The van der Waals surface area contributed by atoms with Gasteiger partial charge in [0.2, 0.25) is 5.91 Å². The molecule has 0 aliphatic heterocycles. The summed E-state index contributed by atoms with van der Waals surface area (Å²) >= 11 is 3.37. The van der Waals surface area contributed by atoms with E-state index in [9.17, 15) is 4.79 Å². The highest BCUT2D eigenvalue weighted by Crippen LogP contribution is 2.21. The van der Waals surface area contributed by atoms with Crippen LogP contribution in [0.2, 0.25) is 0 Å². The van der Waals surface area contributed by atoms with E-state index in [1.807, 2.05) is 55.5 Å². The van der Waals surface area contributed by atoms with Crippen LogP contribution in [-0.4, -0.2) is 11.1 Å². The highest BCUT2D eigenvalue weighted by atomic mass is 79.9. The summed E-state index contributed by atoms with van der Waals surface area (Å²) in [5.41, 5.74) is 3.48. The van der Waals surface area contributed by atoms with Crippen molar-refractivity contribution in [3.8, 4) is 11.3 Å². The van der Waals surface area contributed by atoms with E-state index in [0.29, 0.717) is 11.5 Å². The number of rotatable bonds is 4. The van der Waals surface area contributed by atoms with Crippen molar-refractivity contribution in [3.05, 3.63) is 70.3 Å². The van der Waals surface area contributed by atoms with Crippen LogP contribution in [0.3, 0.4) is 0 Å². The predicted molar refractivity (Wildman–Crippen MR) is 93.2 cm³/mol. The summed E-state index contributed by atoms with van der Waals surface area (Å²) in [4.78, 5) is 12.1. The average molecular weight is 371 g/mol. The van der Waals surface area contributed by atoms with Gasteiger partial charge < -0.3 is 9.84 Å². The van der Waals surface area contributed by atoms with Gasteiger partial charge in [-0.15, -0.1) is 0 Å². The molecule has 1 N–H and O–H groups in total. The van der Waals surface area contributed by atoms with Crippen molar-refractivity contribution < 1.29 is 9.32 Å². The lowest BCUT2D eigenvalue weighted by Gasteiger charge is -2.03. The quantitative estimate of drug-likeness (QED) is 0.730. The van der Waals surface area contributed by atoms with Crippen LogP contribution >= 0.6 is 15.9 Å². The Hall–Kier alpha value is -2.40. The molecule has 0 fully saturated rings. The average Bonchev–Trinajstić information content (AvgIpc) is 2.96. The van der Waals surface area contributed by atoms with Crippen LogP contribution in [0, 0.1) is 6.92 Å². The second-order valence-electron chi connectivity index (χ2n) is 5.28. The number of benzene rings is 2. The second kappa shape index (κ2) is 6.79. The molecule has 1 amide bonds. The largest absolute Gasteiger partial charge is 0.356 e. The molecule has 1 heterocycles. The third-order valence-electron chi connectivity index (χ3n) is 3.35. The standard InChI is InChI=1S/C18H15BrN2O2/c1-12-5-7-13(8-6-12)17-10-16(21-23-17)11-18(22)20-15-4-2-3-14(19)9-15/h2-10H,11H2,1H3,(H,20,22). The summed E-state index contributed by atoms with van der Waals surface area (Å²) < 4.78 is 6.24. The Kier molecular flexibility index (Phi) is 4.57. The van der Waals surface area contributed by atoms with Gasteiger partial charge in [-0.3, -0.25) is 4.79 Å². The highest BCUT2D eigenvalue weighted by Gasteiger charge is 2.11. The molecule has 3 aromatic rings. The molecular formula is C18H15BrN2O2. The van der Waals surface area contributed by atoms with Gasteiger partial charge in [0.25, 0.3) is 0 Å². The molecule has 0 spiro atoms. The maximum atomic E-state index is 12.1. The molecule has 2 aromatic carbocycles. The van der Waals surface area contributed by atoms with Gasteiger partial charge in [-0.05, 0) is 25.1 Å². The number of carbonyl (C=O) groups excluding carboxylic acids is 1. The van der Waals surface area contributed by atoms with Crippen molar-refractivity contribution in [1.82, 2.24) is 5.16 Å². The minimum atomic E-state index is -0.133. The van der Waals surface area contributed by atoms with Gasteiger partial charge in [0.15, 0.2) is 5.76 Å². The Morgan fingerprint density at radius 2 is 1.96 bits per heavy atom. The molecule has 0 saturated carbocycles. The molecule has 0 unspecified atom stereocenters. The molecule has 0 aliphatic carbocycles. The van der Waals surface area contributed by atoms with Crippen LogP contribution in [0.1, 0.15) is 11.3 Å². The number of carbonyl (C=O) groups is 1. The molecule has 0 aliphatic rings. The van der Waals surface area contributed by atoms with Crippen LogP contribution in [0.25, 0.3) is 11.3 Å². The van der Waals surface area contributed by atoms with E-state index in [1.165, 1.54) is 5.56 Å². The van der Waals surface area contributed by atoms with E-state index in [2.05, 4.69) is 26.4 Å². The lowest BCUT2D eigenvalue weighted by molar-refractivity contribution is -0.115. The van der Waals surface area contributed by atoms with Crippen molar-refractivity contribution in [2.75, 3.05) is 5.32 Å². The first-order valence-corrected chi connectivity index (χ1v) is 7.97. The molecule has 1 aromatic heterocycles. The third-order valence-corrected chi connectivity index (χ3v) is 3.84. The van der Waals surface area contributed by atoms with E-state index < -0.39 is 0 Å². The zero-order valence-corrected chi connectivity index (χ0v) is 14.1. The summed E-state index contributed by atoms with van der Waals surface area (Å²) in [6.45, 7) is 2.03. The van der Waals surface area contributed by atoms with E-state index in [-0.39, 0.29) is 12.3 Å². The number of aryl methyl sites for hydroxylation is 1. The summed E-state index contributed by atoms with van der Waals surface area (Å²) in [6.07, 6.45) is 0.169. The second-order valence-corrected chi connectivity index (χ2v) is 6.20. The number of halogens is 1. The van der Waals surface area contributed by atoms with E-state index in [1.54, 1.807) is 6.07 Å². The first-order chi connectivity index (χ1) is 11.1. The first kappa shape index (κ1) is 15.5. The highest BCUT2D eigenvalue weighted by molar-refractivity contribution is 9.10. The van der Waals surface area contributed by atoms with Gasteiger partial charge >= 0.3 is 0 Å². The molecule has 0 bridgehead atoms. The Labute approximate surface area is 142 Å². The maximum Gasteiger partial charge on any atom is 0.230 e. The number of nitrogens with one attached hydrogen (secondary N) is 1. The number of amides is 1. The van der Waals surface area contributed by atoms with E-state index in [4.69, 9.17) is 4.52 Å². The monoisotopic (exact) mass is 370 g/mol. The lowest BCUT2D eigenvalue weighted by Crippen LogP contribution is -2.14. The van der Waals surface area contributed by atoms with E-state index in [0.717, 1.165) is 15.7 Å². The third kappa shape index (κ3) is 4.07. The van der Waals surface area contributed by atoms with E-state index >= 15 is 0 Å². The Morgan fingerprint density at radius 3 is 2.70 bits per heavy atom. The van der Waals surface area contributed by atoms with Crippen LogP contribution in [-0.2, 0) is 11.2 Å². The van der Waals surface area contributed by atoms with Gasteiger partial charge in [-0.1, -0.05) is 57.0 Å². The summed E-state index contributed by atoms with van der Waals surface area (Å²) in [5.74, 6) is 0.530. The van der Waals surface area contributed by atoms with Crippen molar-refractivity contribution in [2.45, 2.75) is 13.3 Å². The smallest absolute Gasteiger partial charge is 0.230 e. The molecule has 116 valence electrons. The van der Waals surface area contributed by atoms with Gasteiger partial charge in [0.05, 0.1) is 12.1 Å². The minimum Gasteiger partial charge on any atom is -0.356 e. The number of hydrogen-bond acceptors (Lipinski definition) is 3. The molecule has 0 atom stereocenters. The maximum absolute atomic E-state index is 12.1. The zero-order valence-electron chi connectivity index (χ0n) is 12.5. The Bertz CT molecular complexity index is 825. The van der Waals surface area contributed by atoms with Gasteiger partial charge in [0.1, 0.15) is 0 Å². The molecule has 23 heavy (non-hydrogen) atoms. The number of hydrogen-bond donors (Lipinski definition) is 1. The molecule has 0 saturated heterocycles. The van der Waals surface area contributed by atoms with Crippen molar-refractivity contribution >= 4 is 27.5 Å². The minimum absolute atomic E-state index is 0.133. The molecule has 4 nitrogen and oxygen atoms in total. The predicted octanol–water partition coefficient (Wildman–Crippen LogP) is 4.59. The van der Waals surface area contributed by atoms with Crippen molar-refractivity contribution in [1.29, 1.82) is 0 Å². The summed E-state index contributed by atoms with van der Waals surface area (Å²) in [5, 5.41) is 6.81. The van der Waals surface area contributed by atoms with Gasteiger partial charge in [0, 0.05) is 21.8 Å². The normalized spacial score (nSPS) is 10.5. The van der Waals surface area contributed by atoms with Crippen LogP contribution in [0.4, 0.5) is 5.69 Å². The Balaban J connectivity index is 1.66. The van der Waals surface area contributed by atoms with Gasteiger partial charge in [-0.25, -0.2) is 0 Å². The SMILES string of the molecule is Cc1ccc(-c2cc(CC(=O)Nc3cccc(Br)c3)no2)cc1. The lowest BCUT2D eigenvalue weighted by atomic mass is 10.1. The van der Waals surface area contributed by atoms with Crippen molar-refractivity contribution in [3.63, 3.8) is 0 Å². The summed E-state index contributed by atoms with van der Waals surface area (Å²) in [7, 11) is 0. The fourth-order valence-electron chi connectivity index (χ4n) is 2.18. The number of anilines is 1. The number of nitrogens with zero attached hydrogens (tertiary/aromatic N) is 1. The molecule has 0 radical (unpaired) electrons. The fourth-order valence-corrected chi connectivity index (χ4v) is 2.58. The van der Waals surface area contributed by atoms with Gasteiger partial charge in [-0.2, -0.15) is 0 Å². The molecular weight excluding hydrogens is 356 g/mol.